The van der Waals surface area contributed by atoms with Crippen molar-refractivity contribution in [3.05, 3.63) is 0 Å². The van der Waals surface area contributed by atoms with Crippen LogP contribution in [0.15, 0.2) is 0 Å². The zero-order valence-corrected chi connectivity index (χ0v) is 11.3. The molecule has 0 aromatic carbocycles. The molecule has 2 rings (SSSR count). The van der Waals surface area contributed by atoms with Gasteiger partial charge in [-0.2, -0.15) is 0 Å². The summed E-state index contributed by atoms with van der Waals surface area (Å²) in [5.74, 6) is 0. The van der Waals surface area contributed by atoms with Crippen LogP contribution in [0.3, 0.4) is 0 Å². The third-order valence-electron chi connectivity index (χ3n) is 4.18. The molecule has 2 aliphatic heterocycles. The van der Waals surface area contributed by atoms with Crippen LogP contribution in [0.1, 0.15) is 19.8 Å². The Bertz CT molecular complexity index is 208. The average Bonchev–Trinajstić information content (AvgIpc) is 2.86. The molecule has 2 saturated heterocycles. The second-order valence-electron chi connectivity index (χ2n) is 5.21. The molecule has 2 aliphatic rings. The smallest absolute Gasteiger partial charge is 0.0594 e. The number of nitrogens with zero attached hydrogens (tertiary/aromatic N) is 2. The monoisotopic (exact) mass is 241 g/mol. The number of morpholine rings is 1. The first-order valence-corrected chi connectivity index (χ1v) is 7.05. The maximum absolute atomic E-state index is 5.43. The van der Waals surface area contributed by atoms with E-state index in [-0.39, 0.29) is 0 Å². The van der Waals surface area contributed by atoms with E-state index >= 15 is 0 Å². The molecule has 0 radical (unpaired) electrons. The lowest BCUT2D eigenvalue weighted by Gasteiger charge is -2.33. The Morgan fingerprint density at radius 1 is 1.29 bits per heavy atom. The highest BCUT2D eigenvalue weighted by molar-refractivity contribution is 4.88. The summed E-state index contributed by atoms with van der Waals surface area (Å²) in [6.45, 7) is 10.0. The number of hydrogen-bond acceptors (Lipinski definition) is 4. The highest BCUT2D eigenvalue weighted by Crippen LogP contribution is 2.19. The quantitative estimate of drug-likeness (QED) is 0.754. The first-order valence-electron chi connectivity index (χ1n) is 7.05. The second kappa shape index (κ2) is 6.69. The van der Waals surface area contributed by atoms with E-state index in [9.17, 15) is 0 Å². The number of hydrogen-bond donors (Lipinski definition) is 1. The van der Waals surface area contributed by atoms with Crippen molar-refractivity contribution >= 4 is 0 Å². The van der Waals surface area contributed by atoms with Gasteiger partial charge in [-0.3, -0.25) is 9.80 Å². The molecule has 1 N–H and O–H groups in total. The molecule has 2 atom stereocenters. The van der Waals surface area contributed by atoms with E-state index in [1.165, 1.54) is 25.9 Å². The molecule has 0 saturated carbocycles. The van der Waals surface area contributed by atoms with Crippen molar-refractivity contribution in [2.24, 2.45) is 0 Å². The summed E-state index contributed by atoms with van der Waals surface area (Å²) in [4.78, 5) is 5.28. The van der Waals surface area contributed by atoms with Crippen molar-refractivity contribution < 1.29 is 4.74 Å². The van der Waals surface area contributed by atoms with Gasteiger partial charge in [0.25, 0.3) is 0 Å². The zero-order chi connectivity index (χ0) is 12.1. The van der Waals surface area contributed by atoms with Crippen molar-refractivity contribution in [2.45, 2.75) is 31.8 Å². The van der Waals surface area contributed by atoms with Crippen LogP contribution in [0.25, 0.3) is 0 Å². The molecule has 0 aromatic heterocycles. The number of likely N-dealkylation sites (N-methyl/N-ethyl adjacent to an activating group) is 1. The van der Waals surface area contributed by atoms with E-state index in [1.54, 1.807) is 0 Å². The van der Waals surface area contributed by atoms with Gasteiger partial charge in [-0.05, 0) is 19.9 Å². The predicted octanol–water partition coefficient (Wildman–Crippen LogP) is 0.391. The lowest BCUT2D eigenvalue weighted by Crippen LogP contribution is -2.46. The maximum Gasteiger partial charge on any atom is 0.0594 e. The van der Waals surface area contributed by atoms with E-state index in [0.717, 1.165) is 38.9 Å². The molecule has 0 amide bonds. The van der Waals surface area contributed by atoms with Gasteiger partial charge in [-0.25, -0.2) is 0 Å². The molecule has 4 heteroatoms. The molecule has 4 nitrogen and oxygen atoms in total. The highest BCUT2D eigenvalue weighted by Gasteiger charge is 2.31. The van der Waals surface area contributed by atoms with Gasteiger partial charge >= 0.3 is 0 Å². The number of rotatable bonds is 5. The molecule has 17 heavy (non-hydrogen) atoms. The minimum absolute atomic E-state index is 0.714. The fraction of sp³-hybridized carbons (Fsp3) is 1.00. The lowest BCUT2D eigenvalue weighted by molar-refractivity contribution is 0.0176. The van der Waals surface area contributed by atoms with E-state index in [0.29, 0.717) is 6.04 Å². The molecule has 0 spiro atoms. The molecule has 2 heterocycles. The third kappa shape index (κ3) is 3.41. The molecular weight excluding hydrogens is 214 g/mol. The number of ether oxygens (including phenoxy) is 1. The maximum atomic E-state index is 5.43. The van der Waals surface area contributed by atoms with E-state index in [4.69, 9.17) is 4.74 Å². The predicted molar refractivity (Wildman–Crippen MR) is 70.4 cm³/mol. The SMILES string of the molecule is CCC(CNC)N1CCC(N2CCOCC2)C1. The highest BCUT2D eigenvalue weighted by atomic mass is 16.5. The summed E-state index contributed by atoms with van der Waals surface area (Å²) >= 11 is 0. The van der Waals surface area contributed by atoms with Gasteiger partial charge in [-0.15, -0.1) is 0 Å². The molecule has 0 aromatic rings. The summed E-state index contributed by atoms with van der Waals surface area (Å²) in [5.41, 5.74) is 0. The summed E-state index contributed by atoms with van der Waals surface area (Å²) in [7, 11) is 2.05. The summed E-state index contributed by atoms with van der Waals surface area (Å²) < 4.78 is 5.43. The standard InChI is InChI=1S/C13H27N3O/c1-3-12(10-14-2)16-5-4-13(11-16)15-6-8-17-9-7-15/h12-14H,3-11H2,1-2H3. The van der Waals surface area contributed by atoms with Crippen LogP contribution in [-0.2, 0) is 4.74 Å². The Morgan fingerprint density at radius 2 is 2.06 bits per heavy atom. The van der Waals surface area contributed by atoms with Crippen LogP contribution in [0.4, 0.5) is 0 Å². The Morgan fingerprint density at radius 3 is 2.71 bits per heavy atom. The molecule has 0 aliphatic carbocycles. The van der Waals surface area contributed by atoms with Crippen molar-refractivity contribution in [3.63, 3.8) is 0 Å². The van der Waals surface area contributed by atoms with Crippen molar-refractivity contribution in [1.29, 1.82) is 0 Å². The van der Waals surface area contributed by atoms with E-state index < -0.39 is 0 Å². The summed E-state index contributed by atoms with van der Waals surface area (Å²) in [6, 6.07) is 1.48. The number of likely N-dealkylation sites (tertiary alicyclic amines) is 1. The number of nitrogens with one attached hydrogen (secondary N) is 1. The molecule has 2 unspecified atom stereocenters. The van der Waals surface area contributed by atoms with Crippen molar-refractivity contribution in [2.75, 3.05) is 53.0 Å². The van der Waals surface area contributed by atoms with Gasteiger partial charge in [0.2, 0.25) is 0 Å². The molecule has 100 valence electrons. The Hall–Kier alpha value is -0.160. The van der Waals surface area contributed by atoms with Crippen LogP contribution in [0.2, 0.25) is 0 Å². The van der Waals surface area contributed by atoms with Crippen molar-refractivity contribution in [1.82, 2.24) is 15.1 Å². The lowest BCUT2D eigenvalue weighted by atomic mass is 10.2. The van der Waals surface area contributed by atoms with E-state index in [1.807, 2.05) is 0 Å². The summed E-state index contributed by atoms with van der Waals surface area (Å²) in [5, 5.41) is 3.31. The van der Waals surface area contributed by atoms with Crippen LogP contribution in [-0.4, -0.2) is 74.9 Å². The Balaban J connectivity index is 1.81. The zero-order valence-electron chi connectivity index (χ0n) is 11.3. The van der Waals surface area contributed by atoms with Gasteiger partial charge in [0.05, 0.1) is 13.2 Å². The molecular formula is C13H27N3O. The van der Waals surface area contributed by atoms with Gasteiger partial charge in [0, 0.05) is 44.8 Å². The first-order chi connectivity index (χ1) is 8.35. The van der Waals surface area contributed by atoms with Gasteiger partial charge in [0.15, 0.2) is 0 Å². The normalized spacial score (nSPS) is 29.6. The Labute approximate surface area is 105 Å². The first kappa shape index (κ1) is 13.3. The second-order valence-corrected chi connectivity index (χ2v) is 5.21. The average molecular weight is 241 g/mol. The van der Waals surface area contributed by atoms with E-state index in [2.05, 4.69) is 29.1 Å². The minimum Gasteiger partial charge on any atom is -0.379 e. The van der Waals surface area contributed by atoms with Crippen LogP contribution in [0.5, 0.6) is 0 Å². The van der Waals surface area contributed by atoms with Crippen molar-refractivity contribution in [3.8, 4) is 0 Å². The molecule has 2 fully saturated rings. The summed E-state index contributed by atoms with van der Waals surface area (Å²) in [6.07, 6.45) is 2.58. The fourth-order valence-electron chi connectivity index (χ4n) is 3.11. The van der Waals surface area contributed by atoms with Crippen LogP contribution >= 0.6 is 0 Å². The molecule has 0 bridgehead atoms. The topological polar surface area (TPSA) is 27.7 Å². The minimum atomic E-state index is 0.714. The fourth-order valence-corrected chi connectivity index (χ4v) is 3.11. The van der Waals surface area contributed by atoms with Gasteiger partial charge < -0.3 is 10.1 Å². The van der Waals surface area contributed by atoms with Crippen LogP contribution in [0, 0.1) is 0 Å². The largest absolute Gasteiger partial charge is 0.379 e. The third-order valence-corrected chi connectivity index (χ3v) is 4.18. The Kier molecular flexibility index (Phi) is 5.22. The van der Waals surface area contributed by atoms with Crippen LogP contribution < -0.4 is 5.32 Å². The van der Waals surface area contributed by atoms with Gasteiger partial charge in [0.1, 0.15) is 0 Å². The van der Waals surface area contributed by atoms with Gasteiger partial charge in [-0.1, -0.05) is 6.92 Å².